The van der Waals surface area contributed by atoms with Gasteiger partial charge in [0.2, 0.25) is 0 Å². The quantitative estimate of drug-likeness (QED) is 0.678. The summed E-state index contributed by atoms with van der Waals surface area (Å²) in [6, 6.07) is 0.865. The molecule has 8 nitrogen and oxygen atoms in total. The number of hydrogen-bond donors (Lipinski definition) is 2. The summed E-state index contributed by atoms with van der Waals surface area (Å²) in [5.74, 6) is 1.01. The normalized spacial score (nSPS) is 18.4. The third-order valence-corrected chi connectivity index (χ3v) is 5.67. The van der Waals surface area contributed by atoms with E-state index in [2.05, 4.69) is 39.1 Å². The van der Waals surface area contributed by atoms with Gasteiger partial charge in [-0.05, 0) is 65.6 Å². The Balaban J connectivity index is 1.66. The molecule has 1 fully saturated rings. The number of piperidine rings is 1. The zero-order chi connectivity index (χ0) is 20.1. The van der Waals surface area contributed by atoms with E-state index in [0.29, 0.717) is 29.4 Å². The van der Waals surface area contributed by atoms with Gasteiger partial charge in [-0.3, -0.25) is 0 Å². The van der Waals surface area contributed by atoms with Crippen molar-refractivity contribution in [2.45, 2.75) is 65.0 Å². The van der Waals surface area contributed by atoms with Crippen LogP contribution in [0.3, 0.4) is 0 Å². The van der Waals surface area contributed by atoms with E-state index in [9.17, 15) is 0 Å². The maximum absolute atomic E-state index is 6.10. The molecule has 1 aliphatic heterocycles. The lowest BCUT2D eigenvalue weighted by atomic mass is 9.92. The second-order valence-corrected chi connectivity index (χ2v) is 8.12. The first-order valence-electron chi connectivity index (χ1n) is 10.6. The third kappa shape index (κ3) is 5.11. The number of fused-ring (bicyclic) bond motifs is 1. The minimum Gasteiger partial charge on any atom is -0.459 e. The van der Waals surface area contributed by atoms with Crippen LogP contribution in [0.5, 0.6) is 6.01 Å². The molecule has 1 aliphatic rings. The zero-order valence-corrected chi connectivity index (χ0v) is 17.7. The summed E-state index contributed by atoms with van der Waals surface area (Å²) in [6.45, 7) is 9.80. The molecule has 0 spiro atoms. The van der Waals surface area contributed by atoms with Gasteiger partial charge in [0.15, 0.2) is 11.5 Å². The van der Waals surface area contributed by atoms with E-state index >= 15 is 0 Å². The number of hydrogen-bond acceptors (Lipinski definition) is 7. The Bertz CT molecular complexity index is 754. The highest BCUT2D eigenvalue weighted by Crippen LogP contribution is 2.23. The van der Waals surface area contributed by atoms with E-state index in [1.807, 2.05) is 24.7 Å². The standard InChI is InChI=1S/C20H35N7O/c1-5-6-15(3)28-20-24-18(21)19-23-12-17(27(19)25-20)11-16-7-9-26(10-8-16)13-14(2)22-4/h12,14-16,22H,5-11,13H2,1-4H3,(H2,21,24,25)/t14?,15-/m0/s1. The van der Waals surface area contributed by atoms with E-state index in [0.717, 1.165) is 44.6 Å². The van der Waals surface area contributed by atoms with Gasteiger partial charge in [-0.1, -0.05) is 13.3 Å². The summed E-state index contributed by atoms with van der Waals surface area (Å²) in [5, 5.41) is 7.89. The largest absolute Gasteiger partial charge is 0.459 e. The van der Waals surface area contributed by atoms with Gasteiger partial charge in [0.05, 0.1) is 18.0 Å². The van der Waals surface area contributed by atoms with Gasteiger partial charge in [-0.2, -0.15) is 4.98 Å². The molecule has 2 atom stereocenters. The highest BCUT2D eigenvalue weighted by molar-refractivity contribution is 5.59. The van der Waals surface area contributed by atoms with Crippen LogP contribution < -0.4 is 15.8 Å². The maximum atomic E-state index is 6.10. The second-order valence-electron chi connectivity index (χ2n) is 8.12. The highest BCUT2D eigenvalue weighted by atomic mass is 16.5. The fraction of sp³-hybridized carbons (Fsp3) is 0.750. The number of nitrogen functional groups attached to an aromatic ring is 1. The van der Waals surface area contributed by atoms with Gasteiger partial charge in [0.25, 0.3) is 0 Å². The first-order chi connectivity index (χ1) is 13.5. The van der Waals surface area contributed by atoms with Crippen molar-refractivity contribution in [3.8, 4) is 6.01 Å². The lowest BCUT2D eigenvalue weighted by molar-refractivity contribution is 0.171. The zero-order valence-electron chi connectivity index (χ0n) is 17.7. The van der Waals surface area contributed by atoms with Crippen LogP contribution in [0.1, 0.15) is 52.1 Å². The Morgan fingerprint density at radius 3 is 2.75 bits per heavy atom. The van der Waals surface area contributed by atoms with Crippen LogP contribution in [0.4, 0.5) is 5.82 Å². The summed E-state index contributed by atoms with van der Waals surface area (Å²) in [7, 11) is 2.02. The van der Waals surface area contributed by atoms with Crippen molar-refractivity contribution in [2.75, 3.05) is 32.4 Å². The summed E-state index contributed by atoms with van der Waals surface area (Å²) in [4.78, 5) is 11.3. The molecule has 1 saturated heterocycles. The maximum Gasteiger partial charge on any atom is 0.336 e. The van der Waals surface area contributed by atoms with E-state index < -0.39 is 0 Å². The number of nitrogens with two attached hydrogens (primary N) is 1. The van der Waals surface area contributed by atoms with E-state index in [4.69, 9.17) is 10.5 Å². The molecule has 0 aromatic carbocycles. The molecule has 8 heteroatoms. The van der Waals surface area contributed by atoms with Crippen molar-refractivity contribution >= 4 is 11.5 Å². The Kier molecular flexibility index (Phi) is 7.07. The van der Waals surface area contributed by atoms with Crippen molar-refractivity contribution in [1.29, 1.82) is 0 Å². The number of ether oxygens (including phenoxy) is 1. The van der Waals surface area contributed by atoms with Crippen molar-refractivity contribution in [3.63, 3.8) is 0 Å². The van der Waals surface area contributed by atoms with Crippen LogP contribution in [0.2, 0.25) is 0 Å². The predicted octanol–water partition coefficient (Wildman–Crippen LogP) is 2.14. The molecule has 0 bridgehead atoms. The van der Waals surface area contributed by atoms with Gasteiger partial charge in [0, 0.05) is 12.6 Å². The van der Waals surface area contributed by atoms with Crippen molar-refractivity contribution in [3.05, 3.63) is 11.9 Å². The van der Waals surface area contributed by atoms with E-state index in [-0.39, 0.29) is 6.10 Å². The summed E-state index contributed by atoms with van der Waals surface area (Å²) in [5.41, 5.74) is 7.80. The van der Waals surface area contributed by atoms with Crippen LogP contribution in [0.15, 0.2) is 6.20 Å². The van der Waals surface area contributed by atoms with Gasteiger partial charge in [0.1, 0.15) is 0 Å². The Morgan fingerprint density at radius 1 is 1.32 bits per heavy atom. The third-order valence-electron chi connectivity index (χ3n) is 5.67. The minimum atomic E-state index is 0.0677. The monoisotopic (exact) mass is 389 g/mol. The van der Waals surface area contributed by atoms with Crippen molar-refractivity contribution in [1.82, 2.24) is 29.8 Å². The molecule has 0 aliphatic carbocycles. The van der Waals surface area contributed by atoms with Crippen LogP contribution in [-0.4, -0.2) is 63.3 Å². The van der Waals surface area contributed by atoms with Gasteiger partial charge >= 0.3 is 6.01 Å². The average Bonchev–Trinajstić information content (AvgIpc) is 3.06. The molecule has 156 valence electrons. The molecular weight excluding hydrogens is 354 g/mol. The SMILES string of the molecule is CCC[C@H](C)Oc1nc(N)c2ncc(CC3CCN(CC(C)NC)CC3)n2n1. The molecule has 2 aromatic heterocycles. The molecule has 28 heavy (non-hydrogen) atoms. The number of anilines is 1. The number of nitrogens with zero attached hydrogens (tertiary/aromatic N) is 5. The second kappa shape index (κ2) is 9.52. The number of likely N-dealkylation sites (N-methyl/N-ethyl adjacent to an activating group) is 1. The van der Waals surface area contributed by atoms with Gasteiger partial charge < -0.3 is 20.7 Å². The lowest BCUT2D eigenvalue weighted by Gasteiger charge is -2.33. The first kappa shape index (κ1) is 20.8. The lowest BCUT2D eigenvalue weighted by Crippen LogP contribution is -2.42. The topological polar surface area (TPSA) is 93.6 Å². The number of imidazole rings is 1. The molecule has 0 amide bonds. The summed E-state index contributed by atoms with van der Waals surface area (Å²) < 4.78 is 7.68. The Morgan fingerprint density at radius 2 is 2.07 bits per heavy atom. The first-order valence-corrected chi connectivity index (χ1v) is 10.6. The van der Waals surface area contributed by atoms with Crippen LogP contribution >= 0.6 is 0 Å². The van der Waals surface area contributed by atoms with Crippen LogP contribution in [0, 0.1) is 5.92 Å². The minimum absolute atomic E-state index is 0.0677. The average molecular weight is 390 g/mol. The number of nitrogens with one attached hydrogen (secondary N) is 1. The molecule has 3 rings (SSSR count). The van der Waals surface area contributed by atoms with Gasteiger partial charge in [-0.25, -0.2) is 9.50 Å². The molecule has 3 heterocycles. The molecule has 0 saturated carbocycles. The smallest absolute Gasteiger partial charge is 0.336 e. The van der Waals surface area contributed by atoms with Crippen molar-refractivity contribution in [2.24, 2.45) is 5.92 Å². The molecule has 2 aromatic rings. The van der Waals surface area contributed by atoms with E-state index in [1.54, 1.807) is 0 Å². The molecular formula is C20H35N7O. The molecule has 3 N–H and O–H groups in total. The van der Waals surface area contributed by atoms with Crippen LogP contribution in [-0.2, 0) is 6.42 Å². The summed E-state index contributed by atoms with van der Waals surface area (Å²) >= 11 is 0. The van der Waals surface area contributed by atoms with Crippen LogP contribution in [0.25, 0.3) is 5.65 Å². The number of likely N-dealkylation sites (tertiary alicyclic amines) is 1. The number of aromatic nitrogens is 4. The summed E-state index contributed by atoms with van der Waals surface area (Å²) in [6.07, 6.45) is 7.32. The van der Waals surface area contributed by atoms with E-state index in [1.165, 1.54) is 12.8 Å². The highest BCUT2D eigenvalue weighted by Gasteiger charge is 2.22. The predicted molar refractivity (Wildman–Crippen MR) is 112 cm³/mol. The molecule has 1 unspecified atom stereocenters. The van der Waals surface area contributed by atoms with Gasteiger partial charge in [-0.15, -0.1) is 5.10 Å². The Labute approximate surface area is 167 Å². The fourth-order valence-electron chi connectivity index (χ4n) is 3.91. The Hall–Kier alpha value is -1.93. The fourth-order valence-corrected chi connectivity index (χ4v) is 3.91. The molecule has 0 radical (unpaired) electrons. The van der Waals surface area contributed by atoms with Crippen molar-refractivity contribution < 1.29 is 4.74 Å². The number of rotatable bonds is 9.